The Labute approximate surface area is 111 Å². The first kappa shape index (κ1) is 17.3. The fourth-order valence-electron chi connectivity index (χ4n) is 1.21. The first-order valence-electron chi connectivity index (χ1n) is 5.63. The maximum Gasteiger partial charge on any atom is 0.313 e. The summed E-state index contributed by atoms with van der Waals surface area (Å²) in [5.74, 6) is -0.0231. The maximum atomic E-state index is 11.3. The molecule has 0 aromatic heterocycles. The first-order valence-corrected chi connectivity index (χ1v) is 7.11. The second-order valence-corrected chi connectivity index (χ2v) is 5.72. The zero-order valence-corrected chi connectivity index (χ0v) is 12.5. The van der Waals surface area contributed by atoms with Gasteiger partial charge in [-0.2, -0.15) is 0 Å². The van der Waals surface area contributed by atoms with Crippen LogP contribution in [-0.2, 0) is 29.5 Å². The van der Waals surface area contributed by atoms with Crippen LogP contribution in [0.1, 0.15) is 34.1 Å². The number of carbonyl (C=O) groups is 1. The van der Waals surface area contributed by atoms with Crippen molar-refractivity contribution in [1.29, 1.82) is 0 Å². The lowest BCUT2D eigenvalue weighted by Crippen LogP contribution is -2.33. The van der Waals surface area contributed by atoms with Crippen LogP contribution in [0.15, 0.2) is 12.3 Å². The molecule has 0 N–H and O–H groups in total. The molecule has 5 nitrogen and oxygen atoms in total. The van der Waals surface area contributed by atoms with Crippen molar-refractivity contribution >= 4 is 17.0 Å². The number of ether oxygens (including phenoxy) is 2. The van der Waals surface area contributed by atoms with Crippen LogP contribution in [0.25, 0.3) is 0 Å². The van der Waals surface area contributed by atoms with Gasteiger partial charge in [-0.25, -0.2) is 4.21 Å². The van der Waals surface area contributed by atoms with E-state index in [-0.39, 0.29) is 25.1 Å². The second-order valence-electron chi connectivity index (χ2n) is 4.75. The van der Waals surface area contributed by atoms with Gasteiger partial charge in [0.1, 0.15) is 5.60 Å². The van der Waals surface area contributed by atoms with Crippen LogP contribution < -0.4 is 0 Å². The molecule has 0 spiro atoms. The lowest BCUT2D eigenvalue weighted by atomic mass is 10.1. The third-order valence-corrected chi connectivity index (χ3v) is 2.49. The Bertz CT molecular complexity index is 324. The number of hydrogen-bond acceptors (Lipinski definition) is 5. The van der Waals surface area contributed by atoms with Crippen LogP contribution in [0, 0.1) is 0 Å². The van der Waals surface area contributed by atoms with Gasteiger partial charge in [0, 0.05) is 6.26 Å². The molecule has 18 heavy (non-hydrogen) atoms. The Hall–Kier alpha value is -0.720. The summed E-state index contributed by atoms with van der Waals surface area (Å²) in [7, 11) is 0. The van der Waals surface area contributed by atoms with E-state index in [0.717, 1.165) is 0 Å². The van der Waals surface area contributed by atoms with E-state index < -0.39 is 16.7 Å². The Morgan fingerprint density at radius 2 is 2.00 bits per heavy atom. The maximum absolute atomic E-state index is 11.3. The third-order valence-electron chi connectivity index (χ3n) is 1.80. The topological polar surface area (TPSA) is 61.8 Å². The summed E-state index contributed by atoms with van der Waals surface area (Å²) in [6.45, 7) is 10.6. The van der Waals surface area contributed by atoms with Gasteiger partial charge in [0.25, 0.3) is 0 Å². The van der Waals surface area contributed by atoms with Gasteiger partial charge in [-0.15, -0.1) is 0 Å². The first-order chi connectivity index (χ1) is 8.12. The van der Waals surface area contributed by atoms with Gasteiger partial charge in [-0.1, -0.05) is 6.58 Å². The monoisotopic (exact) mass is 278 g/mol. The molecule has 0 heterocycles. The van der Waals surface area contributed by atoms with Crippen molar-refractivity contribution in [2.24, 2.45) is 0 Å². The molecule has 2 atom stereocenters. The number of hydrogen-bond donors (Lipinski definition) is 0. The Balaban J connectivity index is 4.02. The molecule has 106 valence electrons. The molecule has 0 aliphatic carbocycles. The summed E-state index contributed by atoms with van der Waals surface area (Å²) in [5, 5.41) is 0. The summed E-state index contributed by atoms with van der Waals surface area (Å²) in [4.78, 5) is 11.3. The highest BCUT2D eigenvalue weighted by molar-refractivity contribution is 7.79. The molecule has 0 aliphatic rings. The number of esters is 1. The SMILES string of the molecule is C=C(C)OC(=O)CC(C)OCC(C)(C)OS(C)=O. The molecule has 0 radical (unpaired) electrons. The zero-order chi connectivity index (χ0) is 14.3. The van der Waals surface area contributed by atoms with E-state index >= 15 is 0 Å². The van der Waals surface area contributed by atoms with E-state index in [2.05, 4.69) is 6.58 Å². The third kappa shape index (κ3) is 9.32. The predicted octanol–water partition coefficient (Wildman–Crippen LogP) is 1.95. The Morgan fingerprint density at radius 1 is 1.44 bits per heavy atom. The van der Waals surface area contributed by atoms with Crippen LogP contribution >= 0.6 is 0 Å². The number of rotatable bonds is 8. The molecule has 0 aromatic rings. The van der Waals surface area contributed by atoms with E-state index in [4.69, 9.17) is 13.7 Å². The van der Waals surface area contributed by atoms with Gasteiger partial charge in [0.15, 0.2) is 11.1 Å². The molecular weight excluding hydrogens is 256 g/mol. The quantitative estimate of drug-likeness (QED) is 0.501. The van der Waals surface area contributed by atoms with Crippen molar-refractivity contribution in [3.05, 3.63) is 12.3 Å². The summed E-state index contributed by atoms with van der Waals surface area (Å²) in [5.41, 5.74) is -0.661. The largest absolute Gasteiger partial charge is 0.432 e. The minimum Gasteiger partial charge on any atom is -0.432 e. The highest BCUT2D eigenvalue weighted by Gasteiger charge is 2.23. The van der Waals surface area contributed by atoms with Gasteiger partial charge in [-0.3, -0.25) is 8.98 Å². The molecule has 2 unspecified atom stereocenters. The van der Waals surface area contributed by atoms with E-state index in [0.29, 0.717) is 5.76 Å². The molecule has 0 saturated carbocycles. The summed E-state index contributed by atoms with van der Waals surface area (Å²) < 4.78 is 26.4. The molecule has 0 fully saturated rings. The van der Waals surface area contributed by atoms with Crippen molar-refractivity contribution in [1.82, 2.24) is 0 Å². The fraction of sp³-hybridized carbons (Fsp3) is 0.750. The molecule has 0 bridgehead atoms. The zero-order valence-electron chi connectivity index (χ0n) is 11.6. The molecule has 6 heteroatoms. The van der Waals surface area contributed by atoms with Crippen molar-refractivity contribution in [3.63, 3.8) is 0 Å². The van der Waals surface area contributed by atoms with E-state index in [1.165, 1.54) is 6.26 Å². The molecule has 0 aromatic carbocycles. The fourth-order valence-corrected chi connectivity index (χ4v) is 1.90. The van der Waals surface area contributed by atoms with Crippen LogP contribution in [0.5, 0.6) is 0 Å². The van der Waals surface area contributed by atoms with Gasteiger partial charge in [-0.05, 0) is 27.7 Å². The van der Waals surface area contributed by atoms with Gasteiger partial charge >= 0.3 is 5.97 Å². The van der Waals surface area contributed by atoms with Crippen molar-refractivity contribution in [2.75, 3.05) is 12.9 Å². The van der Waals surface area contributed by atoms with Gasteiger partial charge < -0.3 is 9.47 Å². The van der Waals surface area contributed by atoms with E-state index in [1.54, 1.807) is 27.7 Å². The average Bonchev–Trinajstić information content (AvgIpc) is 2.11. The molecule has 0 rings (SSSR count). The molecular formula is C12H22O5S. The average molecular weight is 278 g/mol. The summed E-state index contributed by atoms with van der Waals surface area (Å²) >= 11 is -1.35. The smallest absolute Gasteiger partial charge is 0.313 e. The predicted molar refractivity (Wildman–Crippen MR) is 70.2 cm³/mol. The lowest BCUT2D eigenvalue weighted by molar-refractivity contribution is -0.143. The highest BCUT2D eigenvalue weighted by Crippen LogP contribution is 2.13. The van der Waals surface area contributed by atoms with Crippen LogP contribution in [-0.4, -0.2) is 34.7 Å². The summed E-state index contributed by atoms with van der Waals surface area (Å²) in [6.07, 6.45) is 1.29. The van der Waals surface area contributed by atoms with E-state index in [9.17, 15) is 9.00 Å². The highest BCUT2D eigenvalue weighted by atomic mass is 32.2. The normalized spacial score (nSPS) is 14.9. The van der Waals surface area contributed by atoms with Gasteiger partial charge in [0.2, 0.25) is 0 Å². The molecule has 0 amide bonds. The van der Waals surface area contributed by atoms with Crippen LogP contribution in [0.3, 0.4) is 0 Å². The van der Waals surface area contributed by atoms with Gasteiger partial charge in [0.05, 0.1) is 24.9 Å². The van der Waals surface area contributed by atoms with E-state index in [1.807, 2.05) is 0 Å². The second kappa shape index (κ2) is 7.66. The molecule has 0 saturated heterocycles. The Morgan fingerprint density at radius 3 is 2.44 bits per heavy atom. The standard InChI is InChI=1S/C12H22O5S/c1-9(2)16-11(13)7-10(3)15-8-12(4,5)17-18(6)14/h10H,1,7-8H2,2-6H3. The van der Waals surface area contributed by atoms with Crippen LogP contribution in [0.4, 0.5) is 0 Å². The minimum absolute atomic E-state index is 0.137. The van der Waals surface area contributed by atoms with Crippen molar-refractivity contribution in [2.45, 2.75) is 45.8 Å². The number of carbonyl (C=O) groups excluding carboxylic acids is 1. The molecule has 0 aliphatic heterocycles. The van der Waals surface area contributed by atoms with Crippen LogP contribution in [0.2, 0.25) is 0 Å². The minimum atomic E-state index is -1.35. The summed E-state index contributed by atoms with van der Waals surface area (Å²) in [6, 6.07) is 0. The Kier molecular flexibility index (Phi) is 7.35. The van der Waals surface area contributed by atoms with Crippen molar-refractivity contribution in [3.8, 4) is 0 Å². The van der Waals surface area contributed by atoms with Crippen molar-refractivity contribution < 1.29 is 22.7 Å². The number of allylic oxidation sites excluding steroid dienone is 1. The lowest BCUT2D eigenvalue weighted by Gasteiger charge is -2.24.